The Morgan fingerprint density at radius 1 is 1.00 bits per heavy atom. The van der Waals surface area contributed by atoms with Crippen LogP contribution in [-0.4, -0.2) is 27.9 Å². The summed E-state index contributed by atoms with van der Waals surface area (Å²) in [5.74, 6) is 0.356. The van der Waals surface area contributed by atoms with Crippen LogP contribution >= 0.6 is 0 Å². The highest BCUT2D eigenvalue weighted by Gasteiger charge is 2.43. The molecule has 0 unspecified atom stereocenters. The number of halogens is 1. The molecule has 1 amide bonds. The van der Waals surface area contributed by atoms with Gasteiger partial charge in [-0.05, 0) is 61.4 Å². The van der Waals surface area contributed by atoms with Crippen molar-refractivity contribution in [1.29, 1.82) is 0 Å². The second-order valence-corrected chi connectivity index (χ2v) is 6.55. The fourth-order valence-electron chi connectivity index (χ4n) is 4.16. The summed E-state index contributed by atoms with van der Waals surface area (Å²) in [7, 11) is 0. The summed E-state index contributed by atoms with van der Waals surface area (Å²) >= 11 is 0. The Bertz CT molecular complexity index is 687. The minimum atomic E-state index is -0.193. The summed E-state index contributed by atoms with van der Waals surface area (Å²) in [6, 6.07) is 11.0. The van der Waals surface area contributed by atoms with E-state index >= 15 is 0 Å². The molecular formula is C19H19FN2O. The Morgan fingerprint density at radius 3 is 2.22 bits per heavy atom. The van der Waals surface area contributed by atoms with Gasteiger partial charge >= 0.3 is 0 Å². The second-order valence-electron chi connectivity index (χ2n) is 6.55. The van der Waals surface area contributed by atoms with Crippen LogP contribution in [0.4, 0.5) is 4.39 Å². The maximum absolute atomic E-state index is 13.1. The van der Waals surface area contributed by atoms with Gasteiger partial charge in [0.1, 0.15) is 5.82 Å². The van der Waals surface area contributed by atoms with Crippen LogP contribution in [0.2, 0.25) is 0 Å². The lowest BCUT2D eigenvalue weighted by atomic mass is 9.85. The van der Waals surface area contributed by atoms with Crippen molar-refractivity contribution < 1.29 is 9.18 Å². The molecule has 4 rings (SSSR count). The highest BCUT2D eigenvalue weighted by molar-refractivity contribution is 5.94. The number of carbonyl (C=O) groups excluding carboxylic acids is 1. The van der Waals surface area contributed by atoms with E-state index in [2.05, 4.69) is 9.88 Å². The molecule has 0 aliphatic carbocycles. The lowest BCUT2D eigenvalue weighted by Gasteiger charge is -2.39. The minimum absolute atomic E-state index is 0.123. The molecule has 2 aliphatic heterocycles. The average Bonchev–Trinajstić information content (AvgIpc) is 2.85. The number of carbonyl (C=O) groups is 1. The molecule has 0 saturated carbocycles. The Kier molecular flexibility index (Phi) is 3.60. The van der Waals surface area contributed by atoms with Gasteiger partial charge in [-0.1, -0.05) is 12.1 Å². The van der Waals surface area contributed by atoms with Gasteiger partial charge in [-0.25, -0.2) is 4.39 Å². The average molecular weight is 310 g/mol. The number of benzene rings is 1. The predicted molar refractivity (Wildman–Crippen MR) is 85.6 cm³/mol. The molecule has 2 fully saturated rings. The first kappa shape index (κ1) is 14.4. The Balaban J connectivity index is 1.54. The van der Waals surface area contributed by atoms with Crippen molar-refractivity contribution in [2.24, 2.45) is 0 Å². The zero-order valence-electron chi connectivity index (χ0n) is 12.9. The molecule has 118 valence electrons. The summed E-state index contributed by atoms with van der Waals surface area (Å²) in [5, 5.41) is 0. The number of hydrogen-bond donors (Lipinski definition) is 0. The highest BCUT2D eigenvalue weighted by atomic mass is 19.1. The number of fused-ring (bicyclic) bond motifs is 2. The molecule has 0 spiro atoms. The third-order valence-corrected chi connectivity index (χ3v) is 5.24. The first-order valence-electron chi connectivity index (χ1n) is 8.20. The number of nitrogens with zero attached hydrogens (tertiary/aromatic N) is 2. The van der Waals surface area contributed by atoms with Crippen molar-refractivity contribution >= 4 is 5.91 Å². The van der Waals surface area contributed by atoms with E-state index in [0.29, 0.717) is 18.0 Å². The SMILES string of the molecule is O=C(c1ccncc1)N1[C@@H]2CC[C@@H]1CC(c1ccc(F)cc1)C2. The van der Waals surface area contributed by atoms with Crippen LogP contribution in [-0.2, 0) is 0 Å². The van der Waals surface area contributed by atoms with E-state index in [1.807, 2.05) is 12.1 Å². The van der Waals surface area contributed by atoms with Gasteiger partial charge in [-0.3, -0.25) is 9.78 Å². The maximum Gasteiger partial charge on any atom is 0.254 e. The van der Waals surface area contributed by atoms with Crippen LogP contribution < -0.4 is 0 Å². The van der Waals surface area contributed by atoms with E-state index in [1.54, 1.807) is 24.5 Å². The standard InChI is InChI=1S/C19H19FN2O/c20-16-3-1-13(2-4-16)15-11-17-5-6-18(12-15)22(17)19(23)14-7-9-21-10-8-14/h1-4,7-10,15,17-18H,5-6,11-12H2/t17-,18-/m1/s1. The van der Waals surface area contributed by atoms with Crippen molar-refractivity contribution in [2.75, 3.05) is 0 Å². The summed E-state index contributed by atoms with van der Waals surface area (Å²) < 4.78 is 13.1. The van der Waals surface area contributed by atoms with Crippen LogP contribution in [0.3, 0.4) is 0 Å². The first-order valence-corrected chi connectivity index (χ1v) is 8.20. The fraction of sp³-hybridized carbons (Fsp3) is 0.368. The molecule has 23 heavy (non-hydrogen) atoms. The largest absolute Gasteiger partial charge is 0.333 e. The van der Waals surface area contributed by atoms with Crippen molar-refractivity contribution in [2.45, 2.75) is 43.7 Å². The molecule has 2 bridgehead atoms. The number of amides is 1. The Labute approximate surface area is 135 Å². The second kappa shape index (κ2) is 5.76. The van der Waals surface area contributed by atoms with Crippen molar-refractivity contribution in [3.05, 3.63) is 65.7 Å². The van der Waals surface area contributed by atoms with Crippen LogP contribution in [0.5, 0.6) is 0 Å². The smallest absolute Gasteiger partial charge is 0.254 e. The van der Waals surface area contributed by atoms with Gasteiger partial charge in [0.2, 0.25) is 0 Å². The molecule has 0 N–H and O–H groups in total. The van der Waals surface area contributed by atoms with Crippen LogP contribution in [0.15, 0.2) is 48.8 Å². The monoisotopic (exact) mass is 310 g/mol. The molecule has 0 radical (unpaired) electrons. The summed E-state index contributed by atoms with van der Waals surface area (Å²) in [6.45, 7) is 0. The molecule has 2 atom stereocenters. The molecule has 1 aromatic carbocycles. The molecular weight excluding hydrogens is 291 g/mol. The quantitative estimate of drug-likeness (QED) is 0.846. The summed E-state index contributed by atoms with van der Waals surface area (Å²) in [5.41, 5.74) is 1.91. The van der Waals surface area contributed by atoms with Gasteiger partial charge in [-0.2, -0.15) is 0 Å². The van der Waals surface area contributed by atoms with Crippen molar-refractivity contribution in [3.8, 4) is 0 Å². The van der Waals surface area contributed by atoms with Gasteiger partial charge in [0, 0.05) is 30.0 Å². The van der Waals surface area contributed by atoms with E-state index in [1.165, 1.54) is 17.7 Å². The zero-order valence-corrected chi connectivity index (χ0v) is 12.9. The highest BCUT2D eigenvalue weighted by Crippen LogP contribution is 2.43. The molecule has 3 nitrogen and oxygen atoms in total. The predicted octanol–water partition coefficient (Wildman–Crippen LogP) is 3.77. The lowest BCUT2D eigenvalue weighted by Crippen LogP contribution is -2.46. The third kappa shape index (κ3) is 2.62. The van der Waals surface area contributed by atoms with Crippen molar-refractivity contribution in [3.63, 3.8) is 0 Å². The van der Waals surface area contributed by atoms with Crippen LogP contribution in [0.25, 0.3) is 0 Å². The van der Waals surface area contributed by atoms with Gasteiger partial charge < -0.3 is 4.90 Å². The molecule has 1 aromatic heterocycles. The molecule has 2 saturated heterocycles. The number of rotatable bonds is 2. The van der Waals surface area contributed by atoms with E-state index < -0.39 is 0 Å². The zero-order chi connectivity index (χ0) is 15.8. The topological polar surface area (TPSA) is 33.2 Å². The molecule has 3 heterocycles. The number of hydrogen-bond acceptors (Lipinski definition) is 2. The van der Waals surface area contributed by atoms with Gasteiger partial charge in [-0.15, -0.1) is 0 Å². The lowest BCUT2D eigenvalue weighted by molar-refractivity contribution is 0.0571. The number of aromatic nitrogens is 1. The van der Waals surface area contributed by atoms with E-state index in [9.17, 15) is 9.18 Å². The normalized spacial score (nSPS) is 26.3. The van der Waals surface area contributed by atoms with E-state index in [0.717, 1.165) is 31.2 Å². The Hall–Kier alpha value is -2.23. The molecule has 4 heteroatoms. The summed E-state index contributed by atoms with van der Waals surface area (Å²) in [4.78, 5) is 18.9. The molecule has 2 aliphatic rings. The van der Waals surface area contributed by atoms with Crippen molar-refractivity contribution in [1.82, 2.24) is 9.88 Å². The fourth-order valence-corrected chi connectivity index (χ4v) is 4.16. The van der Waals surface area contributed by atoms with Gasteiger partial charge in [0.05, 0.1) is 0 Å². The first-order chi connectivity index (χ1) is 11.2. The summed E-state index contributed by atoms with van der Waals surface area (Å²) in [6.07, 6.45) is 7.41. The van der Waals surface area contributed by atoms with Crippen LogP contribution in [0, 0.1) is 5.82 Å². The Morgan fingerprint density at radius 2 is 1.61 bits per heavy atom. The number of pyridine rings is 1. The number of piperidine rings is 1. The van der Waals surface area contributed by atoms with E-state index in [4.69, 9.17) is 0 Å². The van der Waals surface area contributed by atoms with Crippen LogP contribution in [0.1, 0.15) is 47.5 Å². The third-order valence-electron chi connectivity index (χ3n) is 5.24. The maximum atomic E-state index is 13.1. The van der Waals surface area contributed by atoms with Gasteiger partial charge in [0.25, 0.3) is 5.91 Å². The van der Waals surface area contributed by atoms with Gasteiger partial charge in [0.15, 0.2) is 0 Å². The molecule has 2 aromatic rings. The van der Waals surface area contributed by atoms with E-state index in [-0.39, 0.29) is 11.7 Å². The minimum Gasteiger partial charge on any atom is -0.333 e.